The predicted octanol–water partition coefficient (Wildman–Crippen LogP) is 4.21. The monoisotopic (exact) mass is 365 g/mol. The third kappa shape index (κ3) is 4.67. The lowest BCUT2D eigenvalue weighted by Crippen LogP contribution is -2.39. The Morgan fingerprint density at radius 3 is 2.70 bits per heavy atom. The first-order chi connectivity index (χ1) is 13.2. The molecule has 2 aliphatic rings. The maximum absolute atomic E-state index is 12.9. The molecule has 1 saturated heterocycles. The van der Waals surface area contributed by atoms with Gasteiger partial charge in [-0.1, -0.05) is 13.0 Å². The van der Waals surface area contributed by atoms with Crippen molar-refractivity contribution in [2.24, 2.45) is 11.8 Å². The van der Waals surface area contributed by atoms with Crippen LogP contribution in [0.3, 0.4) is 0 Å². The minimum absolute atomic E-state index is 0.170. The lowest BCUT2D eigenvalue weighted by Gasteiger charge is -2.33. The fourth-order valence-electron chi connectivity index (χ4n) is 4.23. The van der Waals surface area contributed by atoms with Gasteiger partial charge >= 0.3 is 0 Å². The van der Waals surface area contributed by atoms with Crippen molar-refractivity contribution in [3.8, 4) is 0 Å². The molecule has 0 atom stereocenters. The molecule has 144 valence electrons. The zero-order valence-corrected chi connectivity index (χ0v) is 16.4. The average molecular weight is 366 g/mol. The van der Waals surface area contributed by atoms with Crippen molar-refractivity contribution in [2.45, 2.75) is 39.0 Å². The molecule has 2 heterocycles. The van der Waals surface area contributed by atoms with Crippen LogP contribution in [0.4, 0.5) is 0 Å². The first kappa shape index (κ1) is 18.4. The quantitative estimate of drug-likeness (QED) is 0.737. The zero-order chi connectivity index (χ0) is 18.6. The Morgan fingerprint density at radius 1 is 1.15 bits per heavy atom. The number of hydrogen-bond donors (Lipinski definition) is 0. The van der Waals surface area contributed by atoms with Crippen LogP contribution in [0.5, 0.6) is 0 Å². The number of piperidine rings is 1. The molecule has 0 spiro atoms. The summed E-state index contributed by atoms with van der Waals surface area (Å²) in [6, 6.07) is 9.79. The lowest BCUT2D eigenvalue weighted by atomic mass is 9.93. The summed E-state index contributed by atoms with van der Waals surface area (Å²) in [7, 11) is 0. The van der Waals surface area contributed by atoms with E-state index >= 15 is 0 Å². The number of nitrogens with zero attached hydrogens (tertiary/aromatic N) is 3. The van der Waals surface area contributed by atoms with Gasteiger partial charge in [0.1, 0.15) is 0 Å². The van der Waals surface area contributed by atoms with Crippen LogP contribution in [0.1, 0.15) is 49.4 Å². The van der Waals surface area contributed by atoms with E-state index in [0.717, 1.165) is 54.2 Å². The molecule has 1 aromatic carbocycles. The van der Waals surface area contributed by atoms with Gasteiger partial charge in [-0.15, -0.1) is 0 Å². The Labute approximate surface area is 162 Å². The van der Waals surface area contributed by atoms with Gasteiger partial charge in [0.2, 0.25) is 0 Å². The molecule has 1 saturated carbocycles. The van der Waals surface area contributed by atoms with E-state index in [0.29, 0.717) is 0 Å². The molecule has 4 rings (SSSR count). The topological polar surface area (TPSA) is 36.4 Å². The van der Waals surface area contributed by atoms with Crippen molar-refractivity contribution in [3.05, 3.63) is 42.1 Å². The van der Waals surface area contributed by atoms with Crippen LogP contribution in [-0.4, -0.2) is 53.4 Å². The molecular weight excluding hydrogens is 334 g/mol. The third-order valence-corrected chi connectivity index (χ3v) is 6.27. The number of pyridine rings is 1. The van der Waals surface area contributed by atoms with Gasteiger partial charge in [0.05, 0.1) is 5.52 Å². The van der Waals surface area contributed by atoms with E-state index in [1.807, 2.05) is 35.2 Å². The van der Waals surface area contributed by atoms with Crippen LogP contribution in [0.2, 0.25) is 0 Å². The van der Waals surface area contributed by atoms with Gasteiger partial charge in [-0.2, -0.15) is 0 Å². The summed E-state index contributed by atoms with van der Waals surface area (Å²) >= 11 is 0. The average Bonchev–Trinajstić information content (AvgIpc) is 3.54. The van der Waals surface area contributed by atoms with Gasteiger partial charge in [0, 0.05) is 36.8 Å². The molecule has 1 aliphatic heterocycles. The molecule has 0 unspecified atom stereocenters. The second-order valence-electron chi connectivity index (χ2n) is 8.27. The number of hydrogen-bond acceptors (Lipinski definition) is 3. The smallest absolute Gasteiger partial charge is 0.253 e. The van der Waals surface area contributed by atoms with Crippen molar-refractivity contribution in [1.82, 2.24) is 14.8 Å². The lowest BCUT2D eigenvalue weighted by molar-refractivity contribution is 0.0681. The molecular formula is C23H31N3O. The fourth-order valence-corrected chi connectivity index (χ4v) is 4.23. The Kier molecular flexibility index (Phi) is 5.72. The summed E-state index contributed by atoms with van der Waals surface area (Å²) in [5.41, 5.74) is 1.73. The number of benzene rings is 1. The summed E-state index contributed by atoms with van der Waals surface area (Å²) < 4.78 is 0. The summed E-state index contributed by atoms with van der Waals surface area (Å²) in [5.74, 6) is 1.91. The maximum atomic E-state index is 12.9. The Hall–Kier alpha value is -1.94. The second-order valence-corrected chi connectivity index (χ2v) is 8.27. The molecule has 27 heavy (non-hydrogen) atoms. The van der Waals surface area contributed by atoms with Crippen LogP contribution in [0.25, 0.3) is 10.9 Å². The second kappa shape index (κ2) is 8.39. The summed E-state index contributed by atoms with van der Waals surface area (Å²) in [4.78, 5) is 21.9. The summed E-state index contributed by atoms with van der Waals surface area (Å²) in [6.07, 6.45) is 8.22. The number of carbonyl (C=O) groups excluding carboxylic acids is 1. The highest BCUT2D eigenvalue weighted by Crippen LogP contribution is 2.30. The fraction of sp³-hybridized carbons (Fsp3) is 0.565. The van der Waals surface area contributed by atoms with Crippen molar-refractivity contribution in [3.63, 3.8) is 0 Å². The van der Waals surface area contributed by atoms with Gasteiger partial charge in [-0.3, -0.25) is 9.78 Å². The molecule has 0 N–H and O–H groups in total. The van der Waals surface area contributed by atoms with Crippen LogP contribution < -0.4 is 0 Å². The third-order valence-electron chi connectivity index (χ3n) is 6.27. The molecule has 1 aliphatic carbocycles. The molecule has 2 aromatic rings. The van der Waals surface area contributed by atoms with E-state index in [1.54, 1.807) is 6.20 Å². The number of amides is 1. The highest BCUT2D eigenvalue weighted by Gasteiger charge is 2.26. The van der Waals surface area contributed by atoms with Crippen molar-refractivity contribution < 1.29 is 4.79 Å². The highest BCUT2D eigenvalue weighted by molar-refractivity contribution is 5.97. The summed E-state index contributed by atoms with van der Waals surface area (Å²) in [5, 5.41) is 1.04. The summed E-state index contributed by atoms with van der Waals surface area (Å²) in [6.45, 7) is 7.76. The molecule has 1 aromatic heterocycles. The van der Waals surface area contributed by atoms with E-state index in [1.165, 1.54) is 38.9 Å². The van der Waals surface area contributed by atoms with Crippen molar-refractivity contribution >= 4 is 16.8 Å². The highest BCUT2D eigenvalue weighted by atomic mass is 16.2. The van der Waals surface area contributed by atoms with Crippen LogP contribution >= 0.6 is 0 Å². The number of carbonyl (C=O) groups is 1. The SMILES string of the molecule is CCN(CCC1CCN(C(=O)c2ccc3ncccc3c2)CC1)CC1CC1. The number of rotatable bonds is 7. The van der Waals surface area contributed by atoms with E-state index in [-0.39, 0.29) is 5.91 Å². The largest absolute Gasteiger partial charge is 0.339 e. The predicted molar refractivity (Wildman–Crippen MR) is 110 cm³/mol. The van der Waals surface area contributed by atoms with Crippen molar-refractivity contribution in [1.29, 1.82) is 0 Å². The van der Waals surface area contributed by atoms with Crippen molar-refractivity contribution in [2.75, 3.05) is 32.7 Å². The van der Waals surface area contributed by atoms with Gasteiger partial charge in [0.15, 0.2) is 0 Å². The van der Waals surface area contributed by atoms with Gasteiger partial charge in [-0.25, -0.2) is 0 Å². The van der Waals surface area contributed by atoms with E-state index < -0.39 is 0 Å². The first-order valence-electron chi connectivity index (χ1n) is 10.6. The van der Waals surface area contributed by atoms with Crippen LogP contribution in [-0.2, 0) is 0 Å². The normalized spacial score (nSPS) is 18.4. The molecule has 4 nitrogen and oxygen atoms in total. The molecule has 4 heteroatoms. The minimum atomic E-state index is 0.170. The Balaban J connectivity index is 1.28. The number of likely N-dealkylation sites (tertiary alicyclic amines) is 1. The molecule has 1 amide bonds. The zero-order valence-electron chi connectivity index (χ0n) is 16.4. The standard InChI is InChI=1S/C23H31N3O/c1-2-25(17-19-5-6-19)13-9-18-10-14-26(15-11-18)23(27)21-7-8-22-20(16-21)4-3-12-24-22/h3-4,7-8,12,16,18-19H,2,5-6,9-11,13-15,17H2,1H3. The minimum Gasteiger partial charge on any atom is -0.339 e. The number of fused-ring (bicyclic) bond motifs is 1. The van der Waals surface area contributed by atoms with Gasteiger partial charge in [-0.05, 0) is 81.3 Å². The van der Waals surface area contributed by atoms with Gasteiger partial charge < -0.3 is 9.80 Å². The van der Waals surface area contributed by atoms with Gasteiger partial charge in [0.25, 0.3) is 5.91 Å². The van der Waals surface area contributed by atoms with E-state index in [2.05, 4.69) is 16.8 Å². The van der Waals surface area contributed by atoms with Crippen LogP contribution in [0, 0.1) is 11.8 Å². The molecule has 0 radical (unpaired) electrons. The van der Waals surface area contributed by atoms with Crippen LogP contribution in [0.15, 0.2) is 36.5 Å². The Bertz CT molecular complexity index is 778. The maximum Gasteiger partial charge on any atom is 0.253 e. The Morgan fingerprint density at radius 2 is 1.96 bits per heavy atom. The number of aromatic nitrogens is 1. The van der Waals surface area contributed by atoms with E-state index in [9.17, 15) is 4.79 Å². The first-order valence-corrected chi connectivity index (χ1v) is 10.6. The van der Waals surface area contributed by atoms with E-state index in [4.69, 9.17) is 0 Å². The molecule has 0 bridgehead atoms. The molecule has 2 fully saturated rings.